The Morgan fingerprint density at radius 1 is 1.31 bits per heavy atom. The van der Waals surface area contributed by atoms with E-state index in [1.165, 1.54) is 0 Å². The van der Waals surface area contributed by atoms with Gasteiger partial charge in [0, 0.05) is 23.1 Å². The van der Waals surface area contributed by atoms with Crippen LogP contribution in [0, 0.1) is 0 Å². The second-order valence-corrected chi connectivity index (χ2v) is 7.22. The molecule has 0 spiro atoms. The summed E-state index contributed by atoms with van der Waals surface area (Å²) in [6.07, 6.45) is 0.952. The first kappa shape index (κ1) is 18.9. The van der Waals surface area contributed by atoms with E-state index in [0.29, 0.717) is 33.3 Å². The summed E-state index contributed by atoms with van der Waals surface area (Å²) in [7, 11) is 0. The molecule has 2 aromatic rings. The number of amides is 1. The number of fused-ring (bicyclic) bond motifs is 1. The first-order chi connectivity index (χ1) is 12.5. The van der Waals surface area contributed by atoms with Gasteiger partial charge < -0.3 is 19.5 Å². The SMILES string of the molecule is CCOc1cc2c(cc1NC(=O)COc1ccc(Cl)cc1Br)O[C@@H](C)C2. The Balaban J connectivity index is 1.69. The van der Waals surface area contributed by atoms with Gasteiger partial charge in [0.2, 0.25) is 0 Å². The van der Waals surface area contributed by atoms with Crippen molar-refractivity contribution in [3.63, 3.8) is 0 Å². The lowest BCUT2D eigenvalue weighted by Gasteiger charge is -2.14. The molecule has 0 radical (unpaired) electrons. The van der Waals surface area contributed by atoms with Gasteiger partial charge in [-0.15, -0.1) is 0 Å². The summed E-state index contributed by atoms with van der Waals surface area (Å²) in [5.74, 6) is 1.65. The Morgan fingerprint density at radius 2 is 2.12 bits per heavy atom. The fraction of sp³-hybridized carbons (Fsp3) is 0.316. The number of carbonyl (C=O) groups excluding carboxylic acids is 1. The lowest BCUT2D eigenvalue weighted by Crippen LogP contribution is -2.20. The zero-order chi connectivity index (χ0) is 18.7. The van der Waals surface area contributed by atoms with Crippen LogP contribution < -0.4 is 19.5 Å². The Bertz CT molecular complexity index is 827. The predicted octanol–water partition coefficient (Wildman–Crippen LogP) is 4.84. The van der Waals surface area contributed by atoms with Crippen LogP contribution >= 0.6 is 27.5 Å². The number of hydrogen-bond donors (Lipinski definition) is 1. The molecule has 1 aliphatic rings. The minimum Gasteiger partial charge on any atom is -0.492 e. The van der Waals surface area contributed by atoms with Gasteiger partial charge in [-0.05, 0) is 54.0 Å². The van der Waals surface area contributed by atoms with E-state index in [4.69, 9.17) is 25.8 Å². The maximum Gasteiger partial charge on any atom is 0.262 e. The van der Waals surface area contributed by atoms with E-state index in [-0.39, 0.29) is 18.6 Å². The number of halogens is 2. The Kier molecular flexibility index (Phi) is 5.94. The fourth-order valence-electron chi connectivity index (χ4n) is 2.73. The van der Waals surface area contributed by atoms with Gasteiger partial charge >= 0.3 is 0 Å². The van der Waals surface area contributed by atoms with Crippen molar-refractivity contribution in [2.24, 2.45) is 0 Å². The number of rotatable bonds is 6. The van der Waals surface area contributed by atoms with E-state index in [9.17, 15) is 4.79 Å². The highest BCUT2D eigenvalue weighted by Gasteiger charge is 2.22. The molecule has 0 aromatic heterocycles. The maximum absolute atomic E-state index is 12.3. The lowest BCUT2D eigenvalue weighted by molar-refractivity contribution is -0.118. The zero-order valence-corrected chi connectivity index (χ0v) is 16.8. The summed E-state index contributed by atoms with van der Waals surface area (Å²) in [5, 5.41) is 3.42. The Morgan fingerprint density at radius 3 is 2.85 bits per heavy atom. The van der Waals surface area contributed by atoms with Crippen molar-refractivity contribution in [1.29, 1.82) is 0 Å². The molecule has 0 bridgehead atoms. The summed E-state index contributed by atoms with van der Waals surface area (Å²) < 4.78 is 17.7. The Hall–Kier alpha value is -1.92. The number of benzene rings is 2. The minimum absolute atomic E-state index is 0.121. The van der Waals surface area contributed by atoms with Crippen molar-refractivity contribution >= 4 is 39.1 Å². The smallest absolute Gasteiger partial charge is 0.262 e. The second kappa shape index (κ2) is 8.18. The fourth-order valence-corrected chi connectivity index (χ4v) is 3.53. The molecule has 0 fully saturated rings. The summed E-state index contributed by atoms with van der Waals surface area (Å²) in [4.78, 5) is 12.3. The van der Waals surface area contributed by atoms with Crippen molar-refractivity contribution < 1.29 is 19.0 Å². The van der Waals surface area contributed by atoms with E-state index >= 15 is 0 Å². The molecule has 0 saturated heterocycles. The molecule has 1 aliphatic heterocycles. The number of hydrogen-bond acceptors (Lipinski definition) is 4. The van der Waals surface area contributed by atoms with Crippen molar-refractivity contribution in [1.82, 2.24) is 0 Å². The van der Waals surface area contributed by atoms with Crippen LogP contribution in [-0.4, -0.2) is 25.2 Å². The monoisotopic (exact) mass is 439 g/mol. The average molecular weight is 441 g/mol. The molecule has 26 heavy (non-hydrogen) atoms. The van der Waals surface area contributed by atoms with Crippen LogP contribution in [-0.2, 0) is 11.2 Å². The van der Waals surface area contributed by atoms with E-state index in [1.54, 1.807) is 24.3 Å². The molecule has 1 N–H and O–H groups in total. The third kappa shape index (κ3) is 4.43. The van der Waals surface area contributed by atoms with Gasteiger partial charge in [-0.25, -0.2) is 0 Å². The number of nitrogens with one attached hydrogen (secondary N) is 1. The quantitative estimate of drug-likeness (QED) is 0.698. The number of anilines is 1. The van der Waals surface area contributed by atoms with Gasteiger partial charge in [-0.3, -0.25) is 4.79 Å². The molecule has 2 aromatic carbocycles. The third-order valence-electron chi connectivity index (χ3n) is 3.82. The molecule has 7 heteroatoms. The van der Waals surface area contributed by atoms with Crippen LogP contribution in [0.15, 0.2) is 34.8 Å². The normalized spacial score (nSPS) is 15.2. The van der Waals surface area contributed by atoms with Crippen LogP contribution in [0.1, 0.15) is 19.4 Å². The van der Waals surface area contributed by atoms with Gasteiger partial charge in [0.25, 0.3) is 5.91 Å². The van der Waals surface area contributed by atoms with Gasteiger partial charge in [-0.1, -0.05) is 11.6 Å². The number of carbonyl (C=O) groups is 1. The van der Waals surface area contributed by atoms with E-state index in [2.05, 4.69) is 21.2 Å². The maximum atomic E-state index is 12.3. The molecule has 1 atom stereocenters. The summed E-state index contributed by atoms with van der Waals surface area (Å²) in [6.45, 7) is 4.28. The van der Waals surface area contributed by atoms with Gasteiger partial charge in [0.05, 0.1) is 16.8 Å². The van der Waals surface area contributed by atoms with Crippen LogP contribution in [0.25, 0.3) is 0 Å². The van der Waals surface area contributed by atoms with Crippen molar-refractivity contribution in [3.05, 3.63) is 45.4 Å². The van der Waals surface area contributed by atoms with E-state index in [1.807, 2.05) is 19.9 Å². The first-order valence-corrected chi connectivity index (χ1v) is 9.47. The minimum atomic E-state index is -0.293. The van der Waals surface area contributed by atoms with Crippen LogP contribution in [0.4, 0.5) is 5.69 Å². The molecular weight excluding hydrogens is 422 g/mol. The topological polar surface area (TPSA) is 56.8 Å². The lowest BCUT2D eigenvalue weighted by atomic mass is 10.1. The molecule has 0 saturated carbocycles. The molecule has 3 rings (SSSR count). The van der Waals surface area contributed by atoms with Gasteiger partial charge in [-0.2, -0.15) is 0 Å². The predicted molar refractivity (Wildman–Crippen MR) is 105 cm³/mol. The van der Waals surface area contributed by atoms with E-state index < -0.39 is 0 Å². The highest BCUT2D eigenvalue weighted by atomic mass is 79.9. The standard InChI is InChI=1S/C19H19BrClNO4/c1-3-24-18-7-12-6-11(2)26-17(12)9-15(18)22-19(23)10-25-16-5-4-13(21)8-14(16)20/h4-5,7-9,11H,3,6,10H2,1-2H3,(H,22,23)/t11-/m0/s1. The molecule has 0 unspecified atom stereocenters. The molecule has 0 aliphatic carbocycles. The van der Waals surface area contributed by atoms with Crippen molar-refractivity contribution in [3.8, 4) is 17.2 Å². The third-order valence-corrected chi connectivity index (χ3v) is 4.68. The summed E-state index contributed by atoms with van der Waals surface area (Å²) in [6, 6.07) is 8.84. The van der Waals surface area contributed by atoms with Crippen molar-refractivity contribution in [2.75, 3.05) is 18.5 Å². The highest BCUT2D eigenvalue weighted by Crippen LogP contribution is 2.38. The highest BCUT2D eigenvalue weighted by molar-refractivity contribution is 9.10. The molecule has 1 amide bonds. The van der Waals surface area contributed by atoms with Crippen LogP contribution in [0.5, 0.6) is 17.2 Å². The van der Waals surface area contributed by atoms with Gasteiger partial charge in [0.1, 0.15) is 23.4 Å². The second-order valence-electron chi connectivity index (χ2n) is 5.93. The first-order valence-electron chi connectivity index (χ1n) is 8.30. The summed E-state index contributed by atoms with van der Waals surface area (Å²) in [5.41, 5.74) is 1.66. The largest absolute Gasteiger partial charge is 0.492 e. The Labute approximate surface area is 165 Å². The number of ether oxygens (including phenoxy) is 3. The van der Waals surface area contributed by atoms with Crippen LogP contribution in [0.2, 0.25) is 5.02 Å². The zero-order valence-electron chi connectivity index (χ0n) is 14.5. The van der Waals surface area contributed by atoms with Crippen LogP contribution in [0.3, 0.4) is 0 Å². The molecular formula is C19H19BrClNO4. The van der Waals surface area contributed by atoms with Crippen molar-refractivity contribution in [2.45, 2.75) is 26.4 Å². The average Bonchev–Trinajstić information content (AvgIpc) is 2.93. The summed E-state index contributed by atoms with van der Waals surface area (Å²) >= 11 is 9.26. The van der Waals surface area contributed by atoms with Gasteiger partial charge in [0.15, 0.2) is 6.61 Å². The molecule has 138 valence electrons. The molecule has 5 nitrogen and oxygen atoms in total. The molecule has 1 heterocycles. The van der Waals surface area contributed by atoms with E-state index in [0.717, 1.165) is 17.7 Å².